The van der Waals surface area contributed by atoms with E-state index in [4.69, 9.17) is 26.8 Å². The van der Waals surface area contributed by atoms with Crippen LogP contribution in [0.2, 0.25) is 5.02 Å². The SMILES string of the molecule is Cc1ccc(C2C(C#N)=C(N)Oc3cc(OC(=O)c4sc5cc(C)ccc5c4Cl)ccc32)cc1. The standard InChI is InChI=1S/C27H19ClN2O3S/c1-14-3-6-16(7-4-14)23-18-10-8-17(12-21(18)33-26(30)20(23)13-29)32-27(31)25-24(28)19-9-5-15(2)11-22(19)34-25/h3-12,23H,30H2,1-2H3. The number of carbonyl (C=O) groups excluding carboxylic acids is 1. The van der Waals surface area contributed by atoms with Gasteiger partial charge in [0.25, 0.3) is 0 Å². The molecule has 0 saturated carbocycles. The third kappa shape index (κ3) is 3.79. The zero-order chi connectivity index (χ0) is 24.0. The van der Waals surface area contributed by atoms with Crippen LogP contribution in [0.1, 0.15) is 37.8 Å². The lowest BCUT2D eigenvalue weighted by atomic mass is 9.83. The lowest BCUT2D eigenvalue weighted by molar-refractivity contribution is 0.0740. The number of nitriles is 1. The fourth-order valence-corrected chi connectivity index (χ4v) is 5.54. The molecule has 2 heterocycles. The minimum atomic E-state index is -0.545. The minimum Gasteiger partial charge on any atom is -0.440 e. The number of carbonyl (C=O) groups is 1. The number of hydrogen-bond donors (Lipinski definition) is 1. The van der Waals surface area contributed by atoms with Gasteiger partial charge in [-0.3, -0.25) is 0 Å². The molecule has 0 saturated heterocycles. The van der Waals surface area contributed by atoms with Crippen LogP contribution in [0.15, 0.2) is 72.1 Å². The Morgan fingerprint density at radius 3 is 2.56 bits per heavy atom. The van der Waals surface area contributed by atoms with Crippen LogP contribution in [0, 0.1) is 25.2 Å². The van der Waals surface area contributed by atoms with Gasteiger partial charge in [0.1, 0.15) is 28.0 Å². The first-order valence-corrected chi connectivity index (χ1v) is 11.7. The second kappa shape index (κ2) is 8.53. The summed E-state index contributed by atoms with van der Waals surface area (Å²) in [6, 6.07) is 21.0. The molecular weight excluding hydrogens is 468 g/mol. The van der Waals surface area contributed by atoms with Crippen molar-refractivity contribution < 1.29 is 14.3 Å². The highest BCUT2D eigenvalue weighted by Crippen LogP contribution is 2.44. The molecule has 0 amide bonds. The number of nitrogens with two attached hydrogens (primary N) is 1. The largest absolute Gasteiger partial charge is 0.440 e. The van der Waals surface area contributed by atoms with Gasteiger partial charge in [-0.05, 0) is 37.1 Å². The van der Waals surface area contributed by atoms with Crippen molar-refractivity contribution in [2.24, 2.45) is 5.73 Å². The topological polar surface area (TPSA) is 85.3 Å². The summed E-state index contributed by atoms with van der Waals surface area (Å²) < 4.78 is 12.3. The van der Waals surface area contributed by atoms with Crippen molar-refractivity contribution in [2.75, 3.05) is 0 Å². The molecule has 5 rings (SSSR count). The molecular formula is C27H19ClN2O3S. The van der Waals surface area contributed by atoms with Crippen LogP contribution in [-0.2, 0) is 0 Å². The molecule has 1 aliphatic heterocycles. The summed E-state index contributed by atoms with van der Waals surface area (Å²) in [5.74, 6) is -0.156. The summed E-state index contributed by atoms with van der Waals surface area (Å²) in [4.78, 5) is 13.3. The maximum Gasteiger partial charge on any atom is 0.355 e. The first-order chi connectivity index (χ1) is 16.4. The molecule has 0 radical (unpaired) electrons. The van der Waals surface area contributed by atoms with E-state index in [-0.39, 0.29) is 11.8 Å². The molecule has 1 aliphatic rings. The first-order valence-electron chi connectivity index (χ1n) is 10.5. The number of aryl methyl sites for hydroxylation is 2. The van der Waals surface area contributed by atoms with Crippen LogP contribution < -0.4 is 15.2 Å². The molecule has 0 aliphatic carbocycles. The Bertz CT molecular complexity index is 1530. The summed E-state index contributed by atoms with van der Waals surface area (Å²) in [6.07, 6.45) is 0. The number of halogens is 1. The van der Waals surface area contributed by atoms with E-state index in [2.05, 4.69) is 6.07 Å². The molecule has 1 unspecified atom stereocenters. The summed E-state index contributed by atoms with van der Waals surface area (Å²) in [5.41, 5.74) is 10.3. The highest BCUT2D eigenvalue weighted by atomic mass is 35.5. The Morgan fingerprint density at radius 1 is 1.09 bits per heavy atom. The van der Waals surface area contributed by atoms with Gasteiger partial charge in [0.15, 0.2) is 0 Å². The predicted molar refractivity (Wildman–Crippen MR) is 133 cm³/mol. The molecule has 168 valence electrons. The molecule has 0 fully saturated rings. The summed E-state index contributed by atoms with van der Waals surface area (Å²) in [5, 5.41) is 10.9. The van der Waals surface area contributed by atoms with E-state index in [0.29, 0.717) is 27.0 Å². The fourth-order valence-electron chi connectivity index (χ4n) is 4.06. The van der Waals surface area contributed by atoms with Gasteiger partial charge in [-0.25, -0.2) is 4.79 Å². The molecule has 4 aromatic rings. The number of nitrogens with zero attached hydrogens (tertiary/aromatic N) is 1. The van der Waals surface area contributed by atoms with E-state index in [1.807, 2.05) is 56.3 Å². The zero-order valence-electron chi connectivity index (χ0n) is 18.4. The van der Waals surface area contributed by atoms with Crippen LogP contribution in [0.3, 0.4) is 0 Å². The Hall–Kier alpha value is -3.79. The van der Waals surface area contributed by atoms with Crippen LogP contribution in [0.5, 0.6) is 11.5 Å². The van der Waals surface area contributed by atoms with Gasteiger partial charge in [-0.15, -0.1) is 11.3 Å². The number of esters is 1. The lowest BCUT2D eigenvalue weighted by Gasteiger charge is -2.26. The highest BCUT2D eigenvalue weighted by molar-refractivity contribution is 7.21. The van der Waals surface area contributed by atoms with E-state index >= 15 is 0 Å². The average Bonchev–Trinajstić information content (AvgIpc) is 3.14. The highest BCUT2D eigenvalue weighted by Gasteiger charge is 2.31. The predicted octanol–water partition coefficient (Wildman–Crippen LogP) is 6.61. The maximum absolute atomic E-state index is 12.9. The summed E-state index contributed by atoms with van der Waals surface area (Å²) in [7, 11) is 0. The molecule has 5 nitrogen and oxygen atoms in total. The van der Waals surface area contributed by atoms with E-state index in [0.717, 1.165) is 32.3 Å². The number of benzene rings is 3. The first kappa shape index (κ1) is 22.0. The lowest BCUT2D eigenvalue weighted by Crippen LogP contribution is -2.21. The van der Waals surface area contributed by atoms with Crippen molar-refractivity contribution in [2.45, 2.75) is 19.8 Å². The van der Waals surface area contributed by atoms with Crippen molar-refractivity contribution in [3.05, 3.63) is 104 Å². The third-order valence-electron chi connectivity index (χ3n) is 5.78. The minimum absolute atomic E-state index is 0.0342. The third-order valence-corrected chi connectivity index (χ3v) is 7.42. The van der Waals surface area contributed by atoms with Crippen LogP contribution >= 0.6 is 22.9 Å². The van der Waals surface area contributed by atoms with Crippen molar-refractivity contribution in [1.82, 2.24) is 0 Å². The second-order valence-electron chi connectivity index (χ2n) is 8.17. The molecule has 0 spiro atoms. The van der Waals surface area contributed by atoms with Gasteiger partial charge in [-0.1, -0.05) is 59.6 Å². The van der Waals surface area contributed by atoms with Crippen molar-refractivity contribution in [1.29, 1.82) is 5.26 Å². The van der Waals surface area contributed by atoms with E-state index in [1.54, 1.807) is 18.2 Å². The van der Waals surface area contributed by atoms with Gasteiger partial charge >= 0.3 is 5.97 Å². The Kier molecular flexibility index (Phi) is 5.52. The molecule has 0 bridgehead atoms. The normalized spacial score (nSPS) is 14.9. The van der Waals surface area contributed by atoms with E-state index in [1.165, 1.54) is 11.3 Å². The van der Waals surface area contributed by atoms with Gasteiger partial charge in [0.05, 0.1) is 10.9 Å². The quantitative estimate of drug-likeness (QED) is 0.260. The van der Waals surface area contributed by atoms with Gasteiger partial charge in [0, 0.05) is 21.7 Å². The van der Waals surface area contributed by atoms with Crippen LogP contribution in [0.25, 0.3) is 10.1 Å². The molecule has 3 aromatic carbocycles. The molecule has 1 atom stereocenters. The second-order valence-corrected chi connectivity index (χ2v) is 9.60. The molecule has 7 heteroatoms. The van der Waals surface area contributed by atoms with Crippen LogP contribution in [0.4, 0.5) is 0 Å². The van der Waals surface area contributed by atoms with Crippen LogP contribution in [-0.4, -0.2) is 5.97 Å². The van der Waals surface area contributed by atoms with Gasteiger partial charge < -0.3 is 15.2 Å². The zero-order valence-corrected chi connectivity index (χ0v) is 20.0. The Labute approximate surface area is 205 Å². The molecule has 2 N–H and O–H groups in total. The fraction of sp³-hybridized carbons (Fsp3) is 0.111. The number of ether oxygens (including phenoxy) is 2. The number of fused-ring (bicyclic) bond motifs is 2. The van der Waals surface area contributed by atoms with Gasteiger partial charge in [-0.2, -0.15) is 5.26 Å². The van der Waals surface area contributed by atoms with Crippen molar-refractivity contribution in [3.8, 4) is 17.6 Å². The van der Waals surface area contributed by atoms with Gasteiger partial charge in [0.2, 0.25) is 5.88 Å². The number of thiophene rings is 1. The Morgan fingerprint density at radius 2 is 1.82 bits per heavy atom. The van der Waals surface area contributed by atoms with Crippen molar-refractivity contribution in [3.63, 3.8) is 0 Å². The maximum atomic E-state index is 12.9. The van der Waals surface area contributed by atoms with E-state index in [9.17, 15) is 10.1 Å². The monoisotopic (exact) mass is 486 g/mol. The number of hydrogen-bond acceptors (Lipinski definition) is 6. The summed E-state index contributed by atoms with van der Waals surface area (Å²) in [6.45, 7) is 3.99. The smallest absolute Gasteiger partial charge is 0.355 e. The Balaban J connectivity index is 1.49. The van der Waals surface area contributed by atoms with E-state index < -0.39 is 5.97 Å². The average molecular weight is 487 g/mol. The van der Waals surface area contributed by atoms with Crippen molar-refractivity contribution >= 4 is 39.0 Å². The molecule has 1 aromatic heterocycles. The summed E-state index contributed by atoms with van der Waals surface area (Å²) >= 11 is 7.76. The number of allylic oxidation sites excluding steroid dienone is 1. The molecule has 34 heavy (non-hydrogen) atoms. The number of rotatable bonds is 3.